The van der Waals surface area contributed by atoms with Gasteiger partial charge in [0.1, 0.15) is 5.82 Å². The Labute approximate surface area is 189 Å². The monoisotopic (exact) mass is 469 g/mol. The largest absolute Gasteiger partial charge is 0.322 e. The second-order valence-electron chi connectivity index (χ2n) is 7.74. The lowest BCUT2D eigenvalue weighted by Crippen LogP contribution is -2.36. The van der Waals surface area contributed by atoms with Crippen molar-refractivity contribution >= 4 is 27.3 Å². The molecule has 1 aliphatic heterocycles. The Hall–Kier alpha value is -3.63. The minimum Gasteiger partial charge on any atom is -0.322 e. The second kappa shape index (κ2) is 8.72. The van der Waals surface area contributed by atoms with Gasteiger partial charge in [0, 0.05) is 36.0 Å². The highest BCUT2D eigenvalue weighted by atomic mass is 32.2. The Kier molecular flexibility index (Phi) is 5.96. The van der Waals surface area contributed by atoms with Crippen LogP contribution in [0.25, 0.3) is 0 Å². The van der Waals surface area contributed by atoms with E-state index < -0.39 is 26.7 Å². The first kappa shape index (κ1) is 22.6. The number of halogens is 1. The summed E-state index contributed by atoms with van der Waals surface area (Å²) in [7, 11) is -3.80. The van der Waals surface area contributed by atoms with Gasteiger partial charge in [0.2, 0.25) is 10.0 Å². The minimum atomic E-state index is -3.80. The fraction of sp³-hybridized carbons (Fsp3) is 0.174. The third kappa shape index (κ3) is 4.62. The van der Waals surface area contributed by atoms with Crippen molar-refractivity contribution in [3.63, 3.8) is 0 Å². The van der Waals surface area contributed by atoms with Gasteiger partial charge in [-0.1, -0.05) is 12.1 Å². The number of fused-ring (bicyclic) bond motifs is 1. The average Bonchev–Trinajstić information content (AvgIpc) is 2.79. The van der Waals surface area contributed by atoms with Crippen molar-refractivity contribution in [2.75, 3.05) is 11.9 Å². The first-order chi connectivity index (χ1) is 15.6. The molecule has 4 rings (SSSR count). The molecule has 0 unspecified atom stereocenters. The third-order valence-electron chi connectivity index (χ3n) is 5.56. The lowest BCUT2D eigenvalue weighted by atomic mass is 10.0. The third-order valence-corrected chi connectivity index (χ3v) is 7.42. The molecule has 0 atom stereocenters. The number of hydrogen-bond acceptors (Lipinski definition) is 5. The van der Waals surface area contributed by atoms with Crippen LogP contribution < -0.4 is 5.32 Å². The average molecular weight is 469 g/mol. The number of rotatable bonds is 5. The quantitative estimate of drug-likeness (QED) is 0.448. The Morgan fingerprint density at radius 1 is 1.06 bits per heavy atom. The fourth-order valence-electron chi connectivity index (χ4n) is 3.72. The van der Waals surface area contributed by atoms with Crippen LogP contribution in [0.1, 0.15) is 27.0 Å². The van der Waals surface area contributed by atoms with Crippen LogP contribution in [0.3, 0.4) is 0 Å². The van der Waals surface area contributed by atoms with Gasteiger partial charge in [-0.15, -0.1) is 0 Å². The van der Waals surface area contributed by atoms with E-state index >= 15 is 0 Å². The zero-order valence-corrected chi connectivity index (χ0v) is 18.4. The molecule has 0 saturated carbocycles. The van der Waals surface area contributed by atoms with Crippen molar-refractivity contribution in [2.24, 2.45) is 0 Å². The molecule has 170 valence electrons. The number of benzene rings is 3. The molecule has 3 aromatic carbocycles. The summed E-state index contributed by atoms with van der Waals surface area (Å²) in [5.41, 5.74) is 2.60. The molecule has 1 amide bonds. The van der Waals surface area contributed by atoms with Gasteiger partial charge in [-0.05, 0) is 66.9 Å². The van der Waals surface area contributed by atoms with Crippen molar-refractivity contribution < 1.29 is 22.5 Å². The van der Waals surface area contributed by atoms with E-state index in [4.69, 9.17) is 0 Å². The minimum absolute atomic E-state index is 0.0118. The molecule has 0 aromatic heterocycles. The van der Waals surface area contributed by atoms with Crippen LogP contribution in [0.15, 0.2) is 65.6 Å². The van der Waals surface area contributed by atoms with Crippen LogP contribution in [0.5, 0.6) is 0 Å². The van der Waals surface area contributed by atoms with Gasteiger partial charge in [0.05, 0.1) is 9.82 Å². The highest BCUT2D eigenvalue weighted by Crippen LogP contribution is 2.28. The molecule has 0 aliphatic carbocycles. The summed E-state index contributed by atoms with van der Waals surface area (Å²) in [5.74, 6) is -1.03. The van der Waals surface area contributed by atoms with Crippen LogP contribution in [0.2, 0.25) is 0 Å². The second-order valence-corrected chi connectivity index (χ2v) is 9.68. The van der Waals surface area contributed by atoms with E-state index in [0.717, 1.165) is 23.3 Å². The number of nitrogens with one attached hydrogen (secondary N) is 1. The predicted molar refractivity (Wildman–Crippen MR) is 120 cm³/mol. The Bertz CT molecular complexity index is 1360. The summed E-state index contributed by atoms with van der Waals surface area (Å²) >= 11 is 0. The number of hydrogen-bond donors (Lipinski definition) is 1. The molecule has 0 fully saturated rings. The summed E-state index contributed by atoms with van der Waals surface area (Å²) in [6.45, 7) is 1.98. The molecule has 0 radical (unpaired) electrons. The van der Waals surface area contributed by atoms with Crippen LogP contribution in [-0.4, -0.2) is 30.1 Å². The molecule has 0 saturated heterocycles. The highest BCUT2D eigenvalue weighted by Gasteiger charge is 2.28. The Morgan fingerprint density at radius 2 is 1.79 bits per heavy atom. The number of nitro benzene ring substituents is 1. The smallest absolute Gasteiger partial charge is 0.273 e. The summed E-state index contributed by atoms with van der Waals surface area (Å²) in [5, 5.41) is 13.9. The number of carbonyl (C=O) groups is 1. The molecule has 0 spiro atoms. The number of sulfonamides is 1. The maximum absolute atomic E-state index is 13.2. The van der Waals surface area contributed by atoms with Gasteiger partial charge >= 0.3 is 0 Å². The molecule has 10 heteroatoms. The van der Waals surface area contributed by atoms with Crippen LogP contribution in [-0.2, 0) is 23.0 Å². The van der Waals surface area contributed by atoms with E-state index in [1.54, 1.807) is 19.1 Å². The lowest BCUT2D eigenvalue weighted by molar-refractivity contribution is -0.385. The maximum Gasteiger partial charge on any atom is 0.273 e. The predicted octanol–water partition coefficient (Wildman–Crippen LogP) is 4.04. The molecule has 33 heavy (non-hydrogen) atoms. The summed E-state index contributed by atoms with van der Waals surface area (Å²) < 4.78 is 40.4. The summed E-state index contributed by atoms with van der Waals surface area (Å²) in [6, 6.07) is 14.2. The van der Waals surface area contributed by atoms with E-state index in [2.05, 4.69) is 5.32 Å². The van der Waals surface area contributed by atoms with E-state index in [1.807, 2.05) is 6.07 Å². The number of amides is 1. The number of anilines is 1. The number of carbonyl (C=O) groups excluding carboxylic acids is 1. The number of aryl methyl sites for hydroxylation is 1. The standard InChI is InChI=1S/C23H20FN3O5S/c1-15-2-3-17(13-22(15)27(29)30)23(28)25-20-7-4-16-10-11-26(14-18(16)12-20)33(31,32)21-8-5-19(24)6-9-21/h2-9,12-13H,10-11,14H2,1H3,(H,25,28). The summed E-state index contributed by atoms with van der Waals surface area (Å²) in [4.78, 5) is 23.3. The van der Waals surface area contributed by atoms with E-state index in [1.165, 1.54) is 34.6 Å². The SMILES string of the molecule is Cc1ccc(C(=O)Nc2ccc3c(c2)CN(S(=O)(=O)c2ccc(F)cc2)CC3)cc1[N+](=O)[O-]. The molecular weight excluding hydrogens is 449 g/mol. The van der Waals surface area contributed by atoms with Crippen molar-refractivity contribution in [3.8, 4) is 0 Å². The molecule has 0 bridgehead atoms. The normalized spacial score (nSPS) is 13.9. The van der Waals surface area contributed by atoms with Crippen molar-refractivity contribution in [2.45, 2.75) is 24.8 Å². The van der Waals surface area contributed by atoms with E-state index in [0.29, 0.717) is 17.7 Å². The van der Waals surface area contributed by atoms with Crippen molar-refractivity contribution in [1.29, 1.82) is 0 Å². The molecule has 1 heterocycles. The van der Waals surface area contributed by atoms with Gasteiger partial charge in [0.15, 0.2) is 0 Å². The molecule has 3 aromatic rings. The summed E-state index contributed by atoms with van der Waals surface area (Å²) in [6.07, 6.45) is 0.494. The lowest BCUT2D eigenvalue weighted by Gasteiger charge is -2.28. The fourth-order valence-corrected chi connectivity index (χ4v) is 5.14. The number of nitro groups is 1. The molecule has 1 N–H and O–H groups in total. The highest BCUT2D eigenvalue weighted by molar-refractivity contribution is 7.89. The van der Waals surface area contributed by atoms with Crippen LogP contribution >= 0.6 is 0 Å². The van der Waals surface area contributed by atoms with Crippen LogP contribution in [0, 0.1) is 22.9 Å². The van der Waals surface area contributed by atoms with Gasteiger partial charge in [0.25, 0.3) is 11.6 Å². The van der Waals surface area contributed by atoms with E-state index in [9.17, 15) is 27.7 Å². The Balaban J connectivity index is 1.54. The zero-order valence-electron chi connectivity index (χ0n) is 17.6. The molecule has 1 aliphatic rings. The molecule has 8 nitrogen and oxygen atoms in total. The van der Waals surface area contributed by atoms with E-state index in [-0.39, 0.29) is 29.2 Å². The maximum atomic E-state index is 13.2. The zero-order chi connectivity index (χ0) is 23.8. The Morgan fingerprint density at radius 3 is 2.48 bits per heavy atom. The topological polar surface area (TPSA) is 110 Å². The first-order valence-electron chi connectivity index (χ1n) is 10.1. The van der Waals surface area contributed by atoms with Crippen molar-refractivity contribution in [1.82, 2.24) is 4.31 Å². The van der Waals surface area contributed by atoms with Gasteiger partial charge in [-0.25, -0.2) is 12.8 Å². The number of nitrogens with zero attached hydrogens (tertiary/aromatic N) is 2. The molecular formula is C23H20FN3O5S. The first-order valence-corrected chi connectivity index (χ1v) is 11.5. The van der Waals surface area contributed by atoms with Crippen LogP contribution in [0.4, 0.5) is 15.8 Å². The van der Waals surface area contributed by atoms with Crippen molar-refractivity contribution in [3.05, 3.63) is 98.8 Å². The van der Waals surface area contributed by atoms with Gasteiger partial charge in [-0.2, -0.15) is 4.31 Å². The van der Waals surface area contributed by atoms with Gasteiger partial charge in [-0.3, -0.25) is 14.9 Å². The van der Waals surface area contributed by atoms with Gasteiger partial charge < -0.3 is 5.32 Å².